The molecule has 0 aliphatic heterocycles. The molecule has 1 fully saturated rings. The number of aromatic carboxylic acids is 1. The van der Waals surface area contributed by atoms with E-state index in [-0.39, 0.29) is 18.1 Å². The van der Waals surface area contributed by atoms with E-state index in [1.54, 1.807) is 12.1 Å². The average molecular weight is 237 g/mol. The largest absolute Gasteiger partial charge is 0.478 e. The first kappa shape index (κ1) is 11.7. The van der Waals surface area contributed by atoms with Gasteiger partial charge in [-0.1, -0.05) is 0 Å². The molecule has 1 aromatic rings. The maximum absolute atomic E-state index is 10.9. The standard InChI is InChI=1S/C12H15NO4/c13-9-3-4-11(10(5-9)12(14)15)17-7-16-6-8-1-2-8/h3-5,8H,1-2,6-7,13H2,(H,14,15). The monoisotopic (exact) mass is 237 g/mol. The predicted molar refractivity (Wildman–Crippen MR) is 62.0 cm³/mol. The molecule has 0 saturated heterocycles. The number of carbonyl (C=O) groups is 1. The third kappa shape index (κ3) is 3.35. The van der Waals surface area contributed by atoms with Gasteiger partial charge in [-0.2, -0.15) is 0 Å². The molecule has 5 nitrogen and oxygen atoms in total. The minimum atomic E-state index is -1.06. The second kappa shape index (κ2) is 5.05. The fourth-order valence-corrected chi connectivity index (χ4v) is 1.45. The number of rotatable bonds is 6. The first-order valence-electron chi connectivity index (χ1n) is 5.50. The molecule has 92 valence electrons. The molecule has 0 amide bonds. The second-order valence-corrected chi connectivity index (χ2v) is 4.14. The minimum absolute atomic E-state index is 0.0556. The summed E-state index contributed by atoms with van der Waals surface area (Å²) < 4.78 is 10.6. The van der Waals surface area contributed by atoms with E-state index >= 15 is 0 Å². The van der Waals surface area contributed by atoms with Crippen LogP contribution in [0.3, 0.4) is 0 Å². The quantitative estimate of drug-likeness (QED) is 0.447. The van der Waals surface area contributed by atoms with Crippen LogP contribution in [0.15, 0.2) is 18.2 Å². The molecule has 1 aliphatic rings. The van der Waals surface area contributed by atoms with Gasteiger partial charge in [0, 0.05) is 5.69 Å². The smallest absolute Gasteiger partial charge is 0.339 e. The molecule has 2 rings (SSSR count). The number of carboxylic acids is 1. The molecule has 0 heterocycles. The molecule has 0 atom stereocenters. The zero-order valence-electron chi connectivity index (χ0n) is 9.39. The van der Waals surface area contributed by atoms with Crippen LogP contribution in [-0.4, -0.2) is 24.5 Å². The van der Waals surface area contributed by atoms with Crippen molar-refractivity contribution in [3.63, 3.8) is 0 Å². The number of ether oxygens (including phenoxy) is 2. The van der Waals surface area contributed by atoms with Gasteiger partial charge in [0.25, 0.3) is 0 Å². The Kier molecular flexibility index (Phi) is 3.49. The van der Waals surface area contributed by atoms with Gasteiger partial charge in [0.05, 0.1) is 6.61 Å². The van der Waals surface area contributed by atoms with Gasteiger partial charge in [0.2, 0.25) is 0 Å². The van der Waals surface area contributed by atoms with E-state index in [1.165, 1.54) is 18.9 Å². The summed E-state index contributed by atoms with van der Waals surface area (Å²) in [6.07, 6.45) is 2.42. The Morgan fingerprint density at radius 1 is 1.47 bits per heavy atom. The van der Waals surface area contributed by atoms with Gasteiger partial charge in [0.15, 0.2) is 6.79 Å². The zero-order valence-corrected chi connectivity index (χ0v) is 9.39. The first-order valence-corrected chi connectivity index (χ1v) is 5.50. The van der Waals surface area contributed by atoms with Crippen LogP contribution in [0.2, 0.25) is 0 Å². The third-order valence-electron chi connectivity index (χ3n) is 2.58. The lowest BCUT2D eigenvalue weighted by atomic mass is 10.2. The summed E-state index contributed by atoms with van der Waals surface area (Å²) in [5, 5.41) is 8.97. The minimum Gasteiger partial charge on any atom is -0.478 e. The first-order chi connectivity index (χ1) is 8.16. The maximum atomic E-state index is 10.9. The molecular weight excluding hydrogens is 222 g/mol. The summed E-state index contributed by atoms with van der Waals surface area (Å²) >= 11 is 0. The number of hydrogen-bond donors (Lipinski definition) is 2. The molecule has 17 heavy (non-hydrogen) atoms. The van der Waals surface area contributed by atoms with Gasteiger partial charge in [0.1, 0.15) is 11.3 Å². The summed E-state index contributed by atoms with van der Waals surface area (Å²) in [5.41, 5.74) is 5.97. The Morgan fingerprint density at radius 2 is 2.24 bits per heavy atom. The average Bonchev–Trinajstić information content (AvgIpc) is 3.09. The van der Waals surface area contributed by atoms with E-state index in [9.17, 15) is 4.79 Å². The Bertz CT molecular complexity index is 415. The Balaban J connectivity index is 1.91. The van der Waals surface area contributed by atoms with E-state index in [2.05, 4.69) is 0 Å². The molecule has 3 N–H and O–H groups in total. The normalized spacial score (nSPS) is 14.6. The molecular formula is C12H15NO4. The number of anilines is 1. The highest BCUT2D eigenvalue weighted by Gasteiger charge is 2.21. The molecule has 0 bridgehead atoms. The Labute approximate surface area is 99.1 Å². The fourth-order valence-electron chi connectivity index (χ4n) is 1.45. The van der Waals surface area contributed by atoms with Crippen molar-refractivity contribution < 1.29 is 19.4 Å². The summed E-state index contributed by atoms with van der Waals surface area (Å²) in [4.78, 5) is 10.9. The van der Waals surface area contributed by atoms with Crippen molar-refractivity contribution in [2.75, 3.05) is 19.1 Å². The lowest BCUT2D eigenvalue weighted by Crippen LogP contribution is -2.09. The van der Waals surface area contributed by atoms with E-state index in [0.29, 0.717) is 18.2 Å². The van der Waals surface area contributed by atoms with Crippen LogP contribution in [0.1, 0.15) is 23.2 Å². The molecule has 0 unspecified atom stereocenters. The van der Waals surface area contributed by atoms with Crippen LogP contribution in [0.25, 0.3) is 0 Å². The van der Waals surface area contributed by atoms with Crippen molar-refractivity contribution in [3.05, 3.63) is 23.8 Å². The fraction of sp³-hybridized carbons (Fsp3) is 0.417. The maximum Gasteiger partial charge on any atom is 0.339 e. The van der Waals surface area contributed by atoms with Crippen molar-refractivity contribution in [2.24, 2.45) is 5.92 Å². The van der Waals surface area contributed by atoms with Gasteiger partial charge in [-0.05, 0) is 37.0 Å². The van der Waals surface area contributed by atoms with Crippen molar-refractivity contribution in [1.82, 2.24) is 0 Å². The second-order valence-electron chi connectivity index (χ2n) is 4.14. The van der Waals surface area contributed by atoms with Crippen molar-refractivity contribution in [2.45, 2.75) is 12.8 Å². The van der Waals surface area contributed by atoms with Crippen molar-refractivity contribution >= 4 is 11.7 Å². The molecule has 1 aromatic carbocycles. The van der Waals surface area contributed by atoms with Crippen LogP contribution in [0, 0.1) is 5.92 Å². The number of nitrogens with two attached hydrogens (primary N) is 1. The van der Waals surface area contributed by atoms with E-state index in [1.807, 2.05) is 0 Å². The molecule has 0 radical (unpaired) electrons. The van der Waals surface area contributed by atoms with Gasteiger partial charge in [-0.25, -0.2) is 4.79 Å². The Hall–Kier alpha value is -1.75. The molecule has 5 heteroatoms. The predicted octanol–water partition coefficient (Wildman–Crippen LogP) is 1.73. The van der Waals surface area contributed by atoms with Crippen molar-refractivity contribution in [1.29, 1.82) is 0 Å². The van der Waals surface area contributed by atoms with Crippen LogP contribution < -0.4 is 10.5 Å². The van der Waals surface area contributed by atoms with Crippen LogP contribution in [-0.2, 0) is 4.74 Å². The zero-order chi connectivity index (χ0) is 12.3. The molecule has 1 saturated carbocycles. The molecule has 0 aromatic heterocycles. The number of benzene rings is 1. The van der Waals surface area contributed by atoms with Crippen LogP contribution in [0.5, 0.6) is 5.75 Å². The van der Waals surface area contributed by atoms with Crippen LogP contribution >= 0.6 is 0 Å². The number of carboxylic acid groups (broad SMARTS) is 1. The summed E-state index contributed by atoms with van der Waals surface area (Å²) in [7, 11) is 0. The Morgan fingerprint density at radius 3 is 2.88 bits per heavy atom. The highest BCUT2D eigenvalue weighted by Crippen LogP contribution is 2.29. The lowest BCUT2D eigenvalue weighted by molar-refractivity contribution is 0.00920. The highest BCUT2D eigenvalue weighted by molar-refractivity contribution is 5.92. The lowest BCUT2D eigenvalue weighted by Gasteiger charge is -2.09. The van der Waals surface area contributed by atoms with Gasteiger partial charge in [-0.15, -0.1) is 0 Å². The highest BCUT2D eigenvalue weighted by atomic mass is 16.7. The van der Waals surface area contributed by atoms with Crippen molar-refractivity contribution in [3.8, 4) is 5.75 Å². The third-order valence-corrected chi connectivity index (χ3v) is 2.58. The number of hydrogen-bond acceptors (Lipinski definition) is 4. The summed E-state index contributed by atoms with van der Waals surface area (Å²) in [5.74, 6) is -0.124. The van der Waals surface area contributed by atoms with Gasteiger partial charge < -0.3 is 20.3 Å². The molecule has 0 spiro atoms. The molecule has 1 aliphatic carbocycles. The topological polar surface area (TPSA) is 81.8 Å². The van der Waals surface area contributed by atoms with Gasteiger partial charge >= 0.3 is 5.97 Å². The van der Waals surface area contributed by atoms with E-state index < -0.39 is 5.97 Å². The summed E-state index contributed by atoms with van der Waals surface area (Å²) in [6.45, 7) is 0.748. The van der Waals surface area contributed by atoms with E-state index in [0.717, 1.165) is 0 Å². The van der Waals surface area contributed by atoms with Crippen LogP contribution in [0.4, 0.5) is 5.69 Å². The number of nitrogen functional groups attached to an aromatic ring is 1. The SMILES string of the molecule is Nc1ccc(OCOCC2CC2)c(C(=O)O)c1. The van der Waals surface area contributed by atoms with Gasteiger partial charge in [-0.3, -0.25) is 0 Å². The van der Waals surface area contributed by atoms with E-state index in [4.69, 9.17) is 20.3 Å². The summed E-state index contributed by atoms with van der Waals surface area (Å²) in [6, 6.07) is 4.51.